The van der Waals surface area contributed by atoms with Gasteiger partial charge in [-0.1, -0.05) is 66.7 Å². The van der Waals surface area contributed by atoms with Crippen molar-refractivity contribution in [3.63, 3.8) is 0 Å². The molecule has 0 bridgehead atoms. The highest BCUT2D eigenvalue weighted by atomic mass is 16.5. The summed E-state index contributed by atoms with van der Waals surface area (Å²) < 4.78 is 11.6. The van der Waals surface area contributed by atoms with Crippen molar-refractivity contribution >= 4 is 22.8 Å². The first-order chi connectivity index (χ1) is 14.6. The minimum absolute atomic E-state index is 0.168. The molecule has 148 valence electrons. The van der Waals surface area contributed by atoms with Crippen LogP contribution in [0.5, 0.6) is 5.75 Å². The zero-order valence-electron chi connectivity index (χ0n) is 16.7. The SMILES string of the molecule is COc1ccc2c(=O)c(C)c(-c3ccccc3)oc2c1C(=O)/C=C/c1ccccc1. The van der Waals surface area contributed by atoms with E-state index in [1.165, 1.54) is 13.2 Å². The maximum absolute atomic E-state index is 13.1. The highest BCUT2D eigenvalue weighted by Gasteiger charge is 2.21. The molecule has 0 spiro atoms. The molecule has 0 saturated heterocycles. The lowest BCUT2D eigenvalue weighted by molar-refractivity contribution is 0.104. The second-order valence-corrected chi connectivity index (χ2v) is 6.88. The van der Waals surface area contributed by atoms with Gasteiger partial charge in [-0.15, -0.1) is 0 Å². The van der Waals surface area contributed by atoms with Crippen LogP contribution >= 0.6 is 0 Å². The van der Waals surface area contributed by atoms with Crippen LogP contribution < -0.4 is 10.2 Å². The molecule has 0 unspecified atom stereocenters. The Kier molecular flexibility index (Phi) is 5.31. The van der Waals surface area contributed by atoms with E-state index in [9.17, 15) is 9.59 Å². The van der Waals surface area contributed by atoms with Crippen LogP contribution in [-0.2, 0) is 0 Å². The van der Waals surface area contributed by atoms with Crippen molar-refractivity contribution < 1.29 is 13.9 Å². The lowest BCUT2D eigenvalue weighted by atomic mass is 10.0. The van der Waals surface area contributed by atoms with E-state index in [1.807, 2.05) is 60.7 Å². The van der Waals surface area contributed by atoms with E-state index < -0.39 is 0 Å². The maximum Gasteiger partial charge on any atom is 0.196 e. The third kappa shape index (κ3) is 3.55. The summed E-state index contributed by atoms with van der Waals surface area (Å²) in [7, 11) is 1.49. The van der Waals surface area contributed by atoms with Crippen molar-refractivity contribution in [2.45, 2.75) is 6.92 Å². The van der Waals surface area contributed by atoms with Gasteiger partial charge in [0.1, 0.15) is 17.1 Å². The predicted molar refractivity (Wildman–Crippen MR) is 119 cm³/mol. The molecular weight excluding hydrogens is 376 g/mol. The largest absolute Gasteiger partial charge is 0.496 e. The minimum atomic E-state index is -0.299. The molecule has 0 N–H and O–H groups in total. The van der Waals surface area contributed by atoms with Crippen LogP contribution in [0.25, 0.3) is 28.4 Å². The zero-order valence-corrected chi connectivity index (χ0v) is 16.7. The van der Waals surface area contributed by atoms with Crippen molar-refractivity contribution in [2.24, 2.45) is 0 Å². The zero-order chi connectivity index (χ0) is 21.1. The highest BCUT2D eigenvalue weighted by Crippen LogP contribution is 2.32. The summed E-state index contributed by atoms with van der Waals surface area (Å²) in [4.78, 5) is 26.2. The molecule has 0 saturated carbocycles. The molecule has 0 radical (unpaired) electrons. The van der Waals surface area contributed by atoms with Crippen LogP contribution in [0.2, 0.25) is 0 Å². The molecule has 1 heterocycles. The fraction of sp³-hybridized carbons (Fsp3) is 0.0769. The van der Waals surface area contributed by atoms with E-state index in [2.05, 4.69) is 0 Å². The fourth-order valence-electron chi connectivity index (χ4n) is 3.42. The number of hydrogen-bond acceptors (Lipinski definition) is 4. The lowest BCUT2D eigenvalue weighted by Crippen LogP contribution is -2.10. The molecule has 4 rings (SSSR count). The smallest absolute Gasteiger partial charge is 0.196 e. The molecule has 0 aliphatic carbocycles. The summed E-state index contributed by atoms with van der Waals surface area (Å²) in [5.74, 6) is 0.506. The number of benzene rings is 3. The quantitative estimate of drug-likeness (QED) is 0.322. The number of carbonyl (C=O) groups is 1. The molecule has 4 nitrogen and oxygen atoms in total. The van der Waals surface area contributed by atoms with Crippen LogP contribution in [0, 0.1) is 6.92 Å². The van der Waals surface area contributed by atoms with Gasteiger partial charge < -0.3 is 9.15 Å². The van der Waals surface area contributed by atoms with Crippen molar-refractivity contribution in [1.82, 2.24) is 0 Å². The molecule has 0 amide bonds. The van der Waals surface area contributed by atoms with E-state index >= 15 is 0 Å². The predicted octanol–water partition coefficient (Wildman–Crippen LogP) is 5.67. The van der Waals surface area contributed by atoms with Crippen LogP contribution in [0.3, 0.4) is 0 Å². The first kappa shape index (κ1) is 19.4. The van der Waals surface area contributed by atoms with Gasteiger partial charge in [0.05, 0.1) is 12.5 Å². The van der Waals surface area contributed by atoms with Gasteiger partial charge in [0.25, 0.3) is 0 Å². The summed E-state index contributed by atoms with van der Waals surface area (Å²) in [6.07, 6.45) is 3.19. The van der Waals surface area contributed by atoms with Crippen molar-refractivity contribution in [1.29, 1.82) is 0 Å². The molecule has 0 atom stereocenters. The molecule has 0 fully saturated rings. The van der Waals surface area contributed by atoms with Crippen LogP contribution in [0.15, 0.2) is 88.1 Å². The van der Waals surface area contributed by atoms with Gasteiger partial charge >= 0.3 is 0 Å². The van der Waals surface area contributed by atoms with E-state index in [0.717, 1.165) is 11.1 Å². The minimum Gasteiger partial charge on any atom is -0.496 e. The summed E-state index contributed by atoms with van der Waals surface area (Å²) in [6.45, 7) is 1.73. The van der Waals surface area contributed by atoms with E-state index in [4.69, 9.17) is 9.15 Å². The van der Waals surface area contributed by atoms with Gasteiger partial charge in [0.15, 0.2) is 16.8 Å². The van der Waals surface area contributed by atoms with Crippen molar-refractivity contribution in [2.75, 3.05) is 7.11 Å². The van der Waals surface area contributed by atoms with Crippen molar-refractivity contribution in [3.05, 3.63) is 106 Å². The van der Waals surface area contributed by atoms with Gasteiger partial charge in [-0.3, -0.25) is 9.59 Å². The van der Waals surface area contributed by atoms with Gasteiger partial charge in [-0.25, -0.2) is 0 Å². The van der Waals surface area contributed by atoms with E-state index in [-0.39, 0.29) is 22.4 Å². The summed E-state index contributed by atoms with van der Waals surface area (Å²) in [5.41, 5.74) is 2.46. The third-order valence-electron chi connectivity index (χ3n) is 4.98. The van der Waals surface area contributed by atoms with Gasteiger partial charge in [-0.2, -0.15) is 0 Å². The average molecular weight is 396 g/mol. The third-order valence-corrected chi connectivity index (χ3v) is 4.98. The highest BCUT2D eigenvalue weighted by molar-refractivity contribution is 6.15. The first-order valence-corrected chi connectivity index (χ1v) is 9.57. The van der Waals surface area contributed by atoms with Crippen LogP contribution in [-0.4, -0.2) is 12.9 Å². The van der Waals surface area contributed by atoms with E-state index in [1.54, 1.807) is 25.1 Å². The molecule has 30 heavy (non-hydrogen) atoms. The lowest BCUT2D eigenvalue weighted by Gasteiger charge is -2.12. The molecular formula is C26H20O4. The number of carbonyl (C=O) groups excluding carboxylic acids is 1. The normalized spacial score (nSPS) is 11.1. The van der Waals surface area contributed by atoms with Crippen LogP contribution in [0.4, 0.5) is 0 Å². The Morgan fingerprint density at radius 2 is 1.60 bits per heavy atom. The Balaban J connectivity index is 1.93. The maximum atomic E-state index is 13.1. The topological polar surface area (TPSA) is 56.5 Å². The Morgan fingerprint density at radius 1 is 0.933 bits per heavy atom. The molecule has 1 aromatic heterocycles. The Bertz CT molecular complexity index is 1300. The average Bonchev–Trinajstić information content (AvgIpc) is 2.80. The summed E-state index contributed by atoms with van der Waals surface area (Å²) in [5, 5.41) is 0.351. The molecule has 3 aromatic carbocycles. The Labute approximate surface area is 174 Å². The summed E-state index contributed by atoms with van der Waals surface area (Å²) in [6, 6.07) is 22.2. The Hall–Kier alpha value is -3.92. The second-order valence-electron chi connectivity index (χ2n) is 6.88. The molecule has 4 aromatic rings. The number of hydrogen-bond donors (Lipinski definition) is 0. The van der Waals surface area contributed by atoms with Crippen molar-refractivity contribution in [3.8, 4) is 17.1 Å². The van der Waals surface area contributed by atoms with Gasteiger partial charge in [0, 0.05) is 11.1 Å². The number of rotatable bonds is 5. The number of fused-ring (bicyclic) bond motifs is 1. The second kappa shape index (κ2) is 8.21. The van der Waals surface area contributed by atoms with E-state index in [0.29, 0.717) is 22.5 Å². The van der Waals surface area contributed by atoms with Gasteiger partial charge in [-0.05, 0) is 30.7 Å². The molecule has 0 aliphatic rings. The Morgan fingerprint density at radius 3 is 2.27 bits per heavy atom. The number of methoxy groups -OCH3 is 1. The molecule has 0 aliphatic heterocycles. The number of ketones is 1. The van der Waals surface area contributed by atoms with Crippen LogP contribution in [0.1, 0.15) is 21.5 Å². The first-order valence-electron chi connectivity index (χ1n) is 9.57. The number of ether oxygens (including phenoxy) is 1. The standard InChI is InChI=1S/C26H20O4/c1-17-24(28)20-14-16-22(29-2)23(21(27)15-13-18-9-5-3-6-10-18)26(20)30-25(17)19-11-7-4-8-12-19/h3-16H,1-2H3/b15-13+. The molecule has 4 heteroatoms. The fourth-order valence-corrected chi connectivity index (χ4v) is 3.42. The number of allylic oxidation sites excluding steroid dienone is 1. The monoisotopic (exact) mass is 396 g/mol. The summed E-state index contributed by atoms with van der Waals surface area (Å²) >= 11 is 0. The van der Waals surface area contributed by atoms with Gasteiger partial charge in [0.2, 0.25) is 0 Å².